The number of benzene rings is 1. The number of hydrogen-bond acceptors (Lipinski definition) is 6. The summed E-state index contributed by atoms with van der Waals surface area (Å²) in [6.07, 6.45) is 0. The van der Waals surface area contributed by atoms with Crippen LogP contribution in [0.25, 0.3) is 11.0 Å². The highest BCUT2D eigenvalue weighted by Crippen LogP contribution is 2.24. The lowest BCUT2D eigenvalue weighted by molar-refractivity contribution is 0.0528. The van der Waals surface area contributed by atoms with Gasteiger partial charge in [0.2, 0.25) is 0 Å². The molecule has 2 rings (SSSR count). The molecule has 2 aromatic rings. The van der Waals surface area contributed by atoms with Crippen LogP contribution in [0.15, 0.2) is 17.0 Å². The fourth-order valence-corrected chi connectivity index (χ4v) is 2.75. The van der Waals surface area contributed by atoms with Crippen molar-refractivity contribution in [2.75, 3.05) is 18.1 Å². The van der Waals surface area contributed by atoms with Crippen LogP contribution in [0.5, 0.6) is 0 Å². The molecular formula is C12H15N3O4S. The molecule has 7 nitrogen and oxygen atoms in total. The molecule has 0 amide bonds. The number of nitrogens with two attached hydrogens (primary N) is 1. The number of aromatic nitrogens is 2. The van der Waals surface area contributed by atoms with Gasteiger partial charge in [-0.15, -0.1) is 0 Å². The van der Waals surface area contributed by atoms with E-state index in [0.717, 1.165) is 0 Å². The number of aromatic amines is 1. The Bertz CT molecular complexity index is 764. The number of rotatable bonds is 4. The third-order valence-corrected chi connectivity index (χ3v) is 4.53. The van der Waals surface area contributed by atoms with Gasteiger partial charge in [-0.25, -0.2) is 18.2 Å². The number of anilines is 1. The minimum absolute atomic E-state index is 0.0409. The van der Waals surface area contributed by atoms with Gasteiger partial charge in [-0.2, -0.15) is 0 Å². The van der Waals surface area contributed by atoms with Crippen LogP contribution in [0.4, 0.5) is 5.95 Å². The molecular weight excluding hydrogens is 282 g/mol. The lowest BCUT2D eigenvalue weighted by atomic mass is 10.2. The molecule has 0 aliphatic carbocycles. The summed E-state index contributed by atoms with van der Waals surface area (Å²) in [5.41, 5.74) is 6.34. The standard InChI is InChI=1S/C12H15N3O4S/c1-3-19-11(16)8-5-7(20(17,18)4-2)6-9-10(8)15-12(13)14-9/h5-6H,3-4H2,1-2H3,(H3,13,14,15). The normalized spacial score (nSPS) is 11.7. The average Bonchev–Trinajstić information content (AvgIpc) is 2.77. The molecule has 0 atom stereocenters. The fraction of sp³-hybridized carbons (Fsp3) is 0.333. The molecule has 0 saturated heterocycles. The molecule has 8 heteroatoms. The van der Waals surface area contributed by atoms with Gasteiger partial charge in [0.05, 0.1) is 28.3 Å². The van der Waals surface area contributed by atoms with E-state index < -0.39 is 15.8 Å². The van der Waals surface area contributed by atoms with Crippen LogP contribution in [0.2, 0.25) is 0 Å². The van der Waals surface area contributed by atoms with E-state index in [1.807, 2.05) is 0 Å². The van der Waals surface area contributed by atoms with E-state index in [9.17, 15) is 13.2 Å². The minimum atomic E-state index is -3.45. The summed E-state index contributed by atoms with van der Waals surface area (Å²) in [7, 11) is -3.45. The molecule has 108 valence electrons. The number of carbonyl (C=O) groups is 1. The average molecular weight is 297 g/mol. The Labute approximate surface area is 116 Å². The summed E-state index contributed by atoms with van der Waals surface area (Å²) < 4.78 is 28.9. The maximum absolute atomic E-state index is 12.0. The first-order valence-electron chi connectivity index (χ1n) is 6.08. The minimum Gasteiger partial charge on any atom is -0.462 e. The van der Waals surface area contributed by atoms with Gasteiger partial charge in [-0.1, -0.05) is 6.92 Å². The van der Waals surface area contributed by atoms with E-state index in [1.165, 1.54) is 19.1 Å². The smallest absolute Gasteiger partial charge is 0.340 e. The first-order valence-corrected chi connectivity index (χ1v) is 7.73. The highest BCUT2D eigenvalue weighted by atomic mass is 32.2. The van der Waals surface area contributed by atoms with Crippen molar-refractivity contribution in [1.82, 2.24) is 9.97 Å². The fourth-order valence-electron chi connectivity index (χ4n) is 1.82. The predicted octanol–water partition coefficient (Wildman–Crippen LogP) is 1.12. The SMILES string of the molecule is CCOC(=O)c1cc(S(=O)(=O)CC)cc2[nH]c(N)nc12. The number of nitrogens with zero attached hydrogens (tertiary/aromatic N) is 1. The van der Waals surface area contributed by atoms with Gasteiger partial charge >= 0.3 is 5.97 Å². The summed E-state index contributed by atoms with van der Waals surface area (Å²) in [6.45, 7) is 3.39. The number of esters is 1. The highest BCUT2D eigenvalue weighted by Gasteiger charge is 2.21. The van der Waals surface area contributed by atoms with Crippen molar-refractivity contribution in [3.63, 3.8) is 0 Å². The van der Waals surface area contributed by atoms with E-state index in [4.69, 9.17) is 10.5 Å². The number of imidazole rings is 1. The van der Waals surface area contributed by atoms with Gasteiger partial charge in [-0.3, -0.25) is 0 Å². The third-order valence-electron chi connectivity index (χ3n) is 2.81. The van der Waals surface area contributed by atoms with E-state index in [2.05, 4.69) is 9.97 Å². The summed E-state index contributed by atoms with van der Waals surface area (Å²) in [6, 6.07) is 2.69. The second-order valence-electron chi connectivity index (χ2n) is 4.11. The molecule has 1 aromatic carbocycles. The van der Waals surface area contributed by atoms with Crippen LogP contribution >= 0.6 is 0 Å². The second kappa shape index (κ2) is 5.12. The molecule has 0 spiro atoms. The van der Waals surface area contributed by atoms with Crippen molar-refractivity contribution in [3.05, 3.63) is 17.7 Å². The van der Waals surface area contributed by atoms with Crippen molar-refractivity contribution in [3.8, 4) is 0 Å². The number of nitrogens with one attached hydrogen (secondary N) is 1. The summed E-state index contributed by atoms with van der Waals surface area (Å²) in [5.74, 6) is -0.585. The van der Waals surface area contributed by atoms with Crippen molar-refractivity contribution >= 4 is 32.8 Å². The quantitative estimate of drug-likeness (QED) is 0.817. The van der Waals surface area contributed by atoms with E-state index in [-0.39, 0.29) is 28.8 Å². The molecule has 1 aromatic heterocycles. The monoisotopic (exact) mass is 297 g/mol. The van der Waals surface area contributed by atoms with E-state index >= 15 is 0 Å². The molecule has 0 saturated carbocycles. The lowest BCUT2D eigenvalue weighted by Crippen LogP contribution is -2.09. The number of carbonyl (C=O) groups excluding carboxylic acids is 1. The molecule has 0 fully saturated rings. The molecule has 0 radical (unpaired) electrons. The first-order chi connectivity index (χ1) is 9.39. The Hall–Kier alpha value is -2.09. The van der Waals surface area contributed by atoms with Crippen LogP contribution in [-0.4, -0.2) is 36.7 Å². The van der Waals surface area contributed by atoms with Crippen LogP contribution in [0.3, 0.4) is 0 Å². The van der Waals surface area contributed by atoms with Crippen molar-refractivity contribution < 1.29 is 17.9 Å². The topological polar surface area (TPSA) is 115 Å². The van der Waals surface area contributed by atoms with Crippen LogP contribution in [0.1, 0.15) is 24.2 Å². The van der Waals surface area contributed by atoms with Crippen molar-refractivity contribution in [2.24, 2.45) is 0 Å². The van der Waals surface area contributed by atoms with Crippen LogP contribution in [-0.2, 0) is 14.6 Å². The van der Waals surface area contributed by atoms with Crippen LogP contribution in [0, 0.1) is 0 Å². The van der Waals surface area contributed by atoms with Gasteiger partial charge in [0.1, 0.15) is 5.52 Å². The van der Waals surface area contributed by atoms with Crippen molar-refractivity contribution in [1.29, 1.82) is 0 Å². The largest absolute Gasteiger partial charge is 0.462 e. The molecule has 0 aliphatic rings. The molecule has 0 bridgehead atoms. The zero-order valence-corrected chi connectivity index (χ0v) is 12.0. The number of hydrogen-bond donors (Lipinski definition) is 2. The number of sulfone groups is 1. The highest BCUT2D eigenvalue weighted by molar-refractivity contribution is 7.91. The summed E-state index contributed by atoms with van der Waals surface area (Å²) >= 11 is 0. The Morgan fingerprint density at radius 3 is 2.70 bits per heavy atom. The molecule has 0 unspecified atom stereocenters. The van der Waals surface area contributed by atoms with E-state index in [1.54, 1.807) is 6.92 Å². The lowest BCUT2D eigenvalue weighted by Gasteiger charge is -2.06. The van der Waals surface area contributed by atoms with Crippen molar-refractivity contribution in [2.45, 2.75) is 18.7 Å². The van der Waals surface area contributed by atoms with Crippen LogP contribution < -0.4 is 5.73 Å². The maximum atomic E-state index is 12.0. The summed E-state index contributed by atoms with van der Waals surface area (Å²) in [5, 5.41) is 0. The summed E-state index contributed by atoms with van der Waals surface area (Å²) in [4.78, 5) is 18.7. The zero-order chi connectivity index (χ0) is 14.9. The van der Waals surface area contributed by atoms with Gasteiger partial charge < -0.3 is 15.5 Å². The number of ether oxygens (including phenoxy) is 1. The zero-order valence-electron chi connectivity index (χ0n) is 11.1. The molecule has 1 heterocycles. The predicted molar refractivity (Wildman–Crippen MR) is 74.2 cm³/mol. The van der Waals surface area contributed by atoms with E-state index in [0.29, 0.717) is 11.0 Å². The Balaban J connectivity index is 2.73. The molecule has 0 aliphatic heterocycles. The molecule has 3 N–H and O–H groups in total. The Kier molecular flexibility index (Phi) is 3.67. The third kappa shape index (κ3) is 2.46. The number of nitrogen functional groups attached to an aromatic ring is 1. The van der Waals surface area contributed by atoms with Gasteiger partial charge in [-0.05, 0) is 19.1 Å². The van der Waals surface area contributed by atoms with Gasteiger partial charge in [0, 0.05) is 0 Å². The van der Waals surface area contributed by atoms with Gasteiger partial charge in [0.25, 0.3) is 0 Å². The Morgan fingerprint density at radius 1 is 1.40 bits per heavy atom. The number of fused-ring (bicyclic) bond motifs is 1. The first kappa shape index (κ1) is 14.3. The Morgan fingerprint density at radius 2 is 2.10 bits per heavy atom. The van der Waals surface area contributed by atoms with Gasteiger partial charge in [0.15, 0.2) is 15.8 Å². The maximum Gasteiger partial charge on any atom is 0.340 e. The second-order valence-corrected chi connectivity index (χ2v) is 6.39. The molecule has 20 heavy (non-hydrogen) atoms. The number of H-pyrrole nitrogens is 1.